The SMILES string of the molecule is O=C(COc1ccc(C(=O)O)cc1Br)Nc1ccc(F)cc1. The molecule has 7 heteroatoms. The molecule has 2 rings (SSSR count). The Morgan fingerprint density at radius 1 is 1.18 bits per heavy atom. The van der Waals surface area contributed by atoms with Gasteiger partial charge in [0.15, 0.2) is 6.61 Å². The quantitative estimate of drug-likeness (QED) is 0.849. The first-order valence-corrected chi connectivity index (χ1v) is 6.96. The Bertz CT molecular complexity index is 703. The summed E-state index contributed by atoms with van der Waals surface area (Å²) in [5.74, 6) is -1.52. The van der Waals surface area contributed by atoms with Gasteiger partial charge in [0.2, 0.25) is 0 Å². The number of carboxylic acid groups (broad SMARTS) is 1. The number of carboxylic acids is 1. The Hall–Kier alpha value is -2.41. The van der Waals surface area contributed by atoms with Gasteiger partial charge in [-0.25, -0.2) is 9.18 Å². The van der Waals surface area contributed by atoms with E-state index < -0.39 is 17.7 Å². The molecular formula is C15H11BrFNO4. The Morgan fingerprint density at radius 2 is 1.86 bits per heavy atom. The first-order valence-electron chi connectivity index (χ1n) is 6.17. The molecule has 0 aliphatic heterocycles. The summed E-state index contributed by atoms with van der Waals surface area (Å²) in [6.07, 6.45) is 0. The van der Waals surface area contributed by atoms with Crippen LogP contribution in [0.1, 0.15) is 10.4 Å². The van der Waals surface area contributed by atoms with E-state index >= 15 is 0 Å². The van der Waals surface area contributed by atoms with Gasteiger partial charge in [0.05, 0.1) is 10.0 Å². The molecule has 2 aromatic rings. The minimum absolute atomic E-state index is 0.106. The van der Waals surface area contributed by atoms with Crippen molar-refractivity contribution in [3.05, 3.63) is 58.3 Å². The lowest BCUT2D eigenvalue weighted by atomic mass is 10.2. The Balaban J connectivity index is 1.93. The summed E-state index contributed by atoms with van der Waals surface area (Å²) in [5, 5.41) is 11.4. The molecule has 0 saturated carbocycles. The number of carbonyl (C=O) groups is 2. The van der Waals surface area contributed by atoms with Gasteiger partial charge in [-0.1, -0.05) is 0 Å². The van der Waals surface area contributed by atoms with Crippen molar-refractivity contribution in [2.75, 3.05) is 11.9 Å². The number of rotatable bonds is 5. The second-order valence-corrected chi connectivity index (χ2v) is 5.15. The molecule has 5 nitrogen and oxygen atoms in total. The highest BCUT2D eigenvalue weighted by Crippen LogP contribution is 2.26. The molecule has 0 saturated heterocycles. The van der Waals surface area contributed by atoms with Gasteiger partial charge in [0.25, 0.3) is 5.91 Å². The maximum absolute atomic E-state index is 12.7. The van der Waals surface area contributed by atoms with Crippen LogP contribution in [0.25, 0.3) is 0 Å². The average molecular weight is 368 g/mol. The molecule has 0 fully saturated rings. The minimum Gasteiger partial charge on any atom is -0.483 e. The fraction of sp³-hybridized carbons (Fsp3) is 0.0667. The molecule has 1 amide bonds. The normalized spacial score (nSPS) is 10.1. The van der Waals surface area contributed by atoms with Crippen molar-refractivity contribution < 1.29 is 23.8 Å². The van der Waals surface area contributed by atoms with Gasteiger partial charge in [-0.15, -0.1) is 0 Å². The third-order valence-electron chi connectivity index (χ3n) is 2.67. The first kappa shape index (κ1) is 16.0. The van der Waals surface area contributed by atoms with E-state index in [0.29, 0.717) is 15.9 Å². The number of aromatic carboxylic acids is 1. The molecule has 22 heavy (non-hydrogen) atoms. The van der Waals surface area contributed by atoms with E-state index in [0.717, 1.165) is 0 Å². The number of hydrogen-bond acceptors (Lipinski definition) is 3. The third kappa shape index (κ3) is 4.29. The maximum atomic E-state index is 12.7. The van der Waals surface area contributed by atoms with E-state index in [1.165, 1.54) is 42.5 Å². The molecule has 0 aliphatic carbocycles. The molecular weight excluding hydrogens is 357 g/mol. The van der Waals surface area contributed by atoms with Crippen LogP contribution in [-0.2, 0) is 4.79 Å². The molecule has 114 valence electrons. The van der Waals surface area contributed by atoms with Crippen LogP contribution in [0.3, 0.4) is 0 Å². The molecule has 0 bridgehead atoms. The van der Waals surface area contributed by atoms with E-state index in [9.17, 15) is 14.0 Å². The van der Waals surface area contributed by atoms with Crippen molar-refractivity contribution in [2.24, 2.45) is 0 Å². The van der Waals surface area contributed by atoms with E-state index in [-0.39, 0.29) is 12.2 Å². The van der Waals surface area contributed by atoms with Crippen molar-refractivity contribution in [3.63, 3.8) is 0 Å². The third-order valence-corrected chi connectivity index (χ3v) is 3.29. The number of carbonyl (C=O) groups excluding carboxylic acids is 1. The fourth-order valence-electron chi connectivity index (χ4n) is 1.62. The summed E-state index contributed by atoms with van der Waals surface area (Å²) in [5.41, 5.74) is 0.560. The summed E-state index contributed by atoms with van der Waals surface area (Å²) in [7, 11) is 0. The lowest BCUT2D eigenvalue weighted by molar-refractivity contribution is -0.118. The smallest absolute Gasteiger partial charge is 0.335 e. The van der Waals surface area contributed by atoms with Crippen molar-refractivity contribution in [1.82, 2.24) is 0 Å². The van der Waals surface area contributed by atoms with Crippen LogP contribution >= 0.6 is 15.9 Å². The summed E-state index contributed by atoms with van der Waals surface area (Å²) in [4.78, 5) is 22.5. The Labute approximate surface area is 133 Å². The Kier molecular flexibility index (Phi) is 5.11. The van der Waals surface area contributed by atoms with Gasteiger partial charge in [-0.05, 0) is 58.4 Å². The summed E-state index contributed by atoms with van der Waals surface area (Å²) < 4.78 is 18.5. The number of halogens is 2. The molecule has 0 aliphatic rings. The van der Waals surface area contributed by atoms with E-state index in [2.05, 4.69) is 21.2 Å². The predicted molar refractivity (Wildman–Crippen MR) is 81.6 cm³/mol. The van der Waals surface area contributed by atoms with Gasteiger partial charge in [0.1, 0.15) is 11.6 Å². The van der Waals surface area contributed by atoms with Crippen LogP contribution in [0.15, 0.2) is 46.9 Å². The molecule has 0 spiro atoms. The van der Waals surface area contributed by atoms with Crippen molar-refractivity contribution in [1.29, 1.82) is 0 Å². The molecule has 0 atom stereocenters. The zero-order valence-corrected chi connectivity index (χ0v) is 12.8. The number of amides is 1. The highest BCUT2D eigenvalue weighted by Gasteiger charge is 2.09. The molecule has 2 aromatic carbocycles. The minimum atomic E-state index is -1.05. The summed E-state index contributed by atoms with van der Waals surface area (Å²) in [6, 6.07) is 9.56. The first-order chi connectivity index (χ1) is 10.5. The number of benzene rings is 2. The molecule has 0 radical (unpaired) electrons. The molecule has 0 unspecified atom stereocenters. The van der Waals surface area contributed by atoms with Gasteiger partial charge >= 0.3 is 5.97 Å². The highest BCUT2D eigenvalue weighted by atomic mass is 79.9. The summed E-state index contributed by atoms with van der Waals surface area (Å²) >= 11 is 3.18. The molecule has 0 aromatic heterocycles. The maximum Gasteiger partial charge on any atom is 0.335 e. The van der Waals surface area contributed by atoms with E-state index in [4.69, 9.17) is 9.84 Å². The van der Waals surface area contributed by atoms with Crippen molar-refractivity contribution in [2.45, 2.75) is 0 Å². The largest absolute Gasteiger partial charge is 0.483 e. The number of hydrogen-bond donors (Lipinski definition) is 2. The zero-order valence-electron chi connectivity index (χ0n) is 11.2. The second-order valence-electron chi connectivity index (χ2n) is 4.29. The predicted octanol–water partition coefficient (Wildman–Crippen LogP) is 3.30. The average Bonchev–Trinajstić information content (AvgIpc) is 2.48. The molecule has 0 heterocycles. The van der Waals surface area contributed by atoms with E-state index in [1.54, 1.807) is 0 Å². The van der Waals surface area contributed by atoms with Gasteiger partial charge < -0.3 is 15.2 Å². The topological polar surface area (TPSA) is 75.6 Å². The second kappa shape index (κ2) is 7.04. The highest BCUT2D eigenvalue weighted by molar-refractivity contribution is 9.10. The number of nitrogens with one attached hydrogen (secondary N) is 1. The van der Waals surface area contributed by atoms with E-state index in [1.807, 2.05) is 0 Å². The fourth-order valence-corrected chi connectivity index (χ4v) is 2.12. The number of ether oxygens (including phenoxy) is 1. The molecule has 2 N–H and O–H groups in total. The zero-order chi connectivity index (χ0) is 16.1. The van der Waals surface area contributed by atoms with Gasteiger partial charge in [0, 0.05) is 5.69 Å². The van der Waals surface area contributed by atoms with Crippen molar-refractivity contribution >= 4 is 33.5 Å². The van der Waals surface area contributed by atoms with Crippen LogP contribution in [0, 0.1) is 5.82 Å². The van der Waals surface area contributed by atoms with Gasteiger partial charge in [-0.2, -0.15) is 0 Å². The monoisotopic (exact) mass is 367 g/mol. The van der Waals surface area contributed by atoms with Crippen LogP contribution < -0.4 is 10.1 Å². The van der Waals surface area contributed by atoms with Crippen LogP contribution in [0.4, 0.5) is 10.1 Å². The van der Waals surface area contributed by atoms with Gasteiger partial charge in [-0.3, -0.25) is 4.79 Å². The van der Waals surface area contributed by atoms with Crippen LogP contribution in [-0.4, -0.2) is 23.6 Å². The lowest BCUT2D eigenvalue weighted by Crippen LogP contribution is -2.20. The number of anilines is 1. The summed E-state index contributed by atoms with van der Waals surface area (Å²) in [6.45, 7) is -0.262. The lowest BCUT2D eigenvalue weighted by Gasteiger charge is -2.09. The Morgan fingerprint density at radius 3 is 2.45 bits per heavy atom. The van der Waals surface area contributed by atoms with Crippen molar-refractivity contribution in [3.8, 4) is 5.75 Å². The van der Waals surface area contributed by atoms with Crippen LogP contribution in [0.2, 0.25) is 0 Å². The van der Waals surface area contributed by atoms with Crippen LogP contribution in [0.5, 0.6) is 5.75 Å². The standard InChI is InChI=1S/C15H11BrFNO4/c16-12-7-9(15(20)21)1-6-13(12)22-8-14(19)18-11-4-2-10(17)3-5-11/h1-7H,8H2,(H,18,19)(H,20,21).